The number of amides is 1. The lowest BCUT2D eigenvalue weighted by atomic mass is 9.98. The van der Waals surface area contributed by atoms with Gasteiger partial charge in [0.15, 0.2) is 0 Å². The van der Waals surface area contributed by atoms with Crippen molar-refractivity contribution in [3.05, 3.63) is 46.3 Å². The Morgan fingerprint density at radius 1 is 1.09 bits per heavy atom. The Kier molecular flexibility index (Phi) is 6.97. The van der Waals surface area contributed by atoms with Crippen molar-refractivity contribution in [2.24, 2.45) is 5.92 Å². The fraction of sp³-hybridized carbons (Fsp3) is 0.478. The van der Waals surface area contributed by atoms with Crippen molar-refractivity contribution < 1.29 is 22.7 Å². The maximum atomic E-state index is 13.1. The van der Waals surface area contributed by atoms with Gasteiger partial charge in [-0.25, -0.2) is 13.2 Å². The first-order chi connectivity index (χ1) is 15.4. The molecular formula is C23H28N2O5S2. The number of nitrogens with zero attached hydrogens (tertiary/aromatic N) is 1. The topological polar surface area (TPSA) is 92.8 Å². The average Bonchev–Trinajstić information content (AvgIpc) is 2.99. The van der Waals surface area contributed by atoms with Crippen molar-refractivity contribution in [1.29, 1.82) is 0 Å². The number of piperidine rings is 1. The van der Waals surface area contributed by atoms with Gasteiger partial charge in [-0.2, -0.15) is 4.31 Å². The first-order valence-electron chi connectivity index (χ1n) is 11.0. The number of carbonyl (C=O) groups is 2. The summed E-state index contributed by atoms with van der Waals surface area (Å²) in [7, 11) is -2.30. The fourth-order valence-corrected chi connectivity index (χ4v) is 7.30. The Morgan fingerprint density at radius 2 is 1.84 bits per heavy atom. The Labute approximate surface area is 192 Å². The molecule has 1 saturated heterocycles. The minimum atomic E-state index is -3.65. The van der Waals surface area contributed by atoms with Gasteiger partial charge in [0.1, 0.15) is 5.00 Å². The van der Waals surface area contributed by atoms with Crippen LogP contribution in [0.4, 0.5) is 5.00 Å². The summed E-state index contributed by atoms with van der Waals surface area (Å²) in [6.45, 7) is 0.517. The summed E-state index contributed by atoms with van der Waals surface area (Å²) in [4.78, 5) is 27.0. The molecule has 2 heterocycles. The van der Waals surface area contributed by atoms with Crippen molar-refractivity contribution in [2.45, 2.75) is 49.8 Å². The first kappa shape index (κ1) is 22.9. The highest BCUT2D eigenvalue weighted by Crippen LogP contribution is 2.38. The number of anilines is 1. The van der Waals surface area contributed by atoms with Crippen molar-refractivity contribution >= 4 is 38.2 Å². The van der Waals surface area contributed by atoms with E-state index in [1.807, 2.05) is 0 Å². The molecule has 1 atom stereocenters. The van der Waals surface area contributed by atoms with Crippen molar-refractivity contribution in [3.63, 3.8) is 0 Å². The monoisotopic (exact) mass is 476 g/mol. The van der Waals surface area contributed by atoms with Crippen LogP contribution in [0.2, 0.25) is 0 Å². The van der Waals surface area contributed by atoms with Gasteiger partial charge in [-0.15, -0.1) is 11.3 Å². The number of carbonyl (C=O) groups excluding carboxylic acids is 2. The van der Waals surface area contributed by atoms with Crippen LogP contribution in [-0.4, -0.2) is 44.8 Å². The molecule has 4 rings (SSSR count). The zero-order valence-corrected chi connectivity index (χ0v) is 19.8. The van der Waals surface area contributed by atoms with Crippen LogP contribution >= 0.6 is 11.3 Å². The van der Waals surface area contributed by atoms with E-state index in [0.29, 0.717) is 30.0 Å². The normalized spacial score (nSPS) is 19.6. The summed E-state index contributed by atoms with van der Waals surface area (Å²) in [6, 6.07) is 8.29. The summed E-state index contributed by atoms with van der Waals surface area (Å²) in [5.74, 6) is -1.16. The van der Waals surface area contributed by atoms with Crippen LogP contribution < -0.4 is 5.32 Å². The van der Waals surface area contributed by atoms with Crippen LogP contribution in [0.15, 0.2) is 35.2 Å². The van der Waals surface area contributed by atoms with Gasteiger partial charge in [-0.3, -0.25) is 4.79 Å². The predicted molar refractivity (Wildman–Crippen MR) is 123 cm³/mol. The summed E-state index contributed by atoms with van der Waals surface area (Å²) >= 11 is 1.45. The molecule has 0 saturated carbocycles. The van der Waals surface area contributed by atoms with Crippen LogP contribution in [0, 0.1) is 5.92 Å². The summed E-state index contributed by atoms with van der Waals surface area (Å²) in [5.41, 5.74) is 1.46. The molecule has 1 fully saturated rings. The third kappa shape index (κ3) is 4.60. The maximum Gasteiger partial charge on any atom is 0.341 e. The van der Waals surface area contributed by atoms with Gasteiger partial charge in [-0.1, -0.05) is 24.6 Å². The summed E-state index contributed by atoms with van der Waals surface area (Å²) < 4.78 is 32.4. The number of fused-ring (bicyclic) bond motifs is 1. The molecule has 1 aromatic carbocycles. The number of sulfonamides is 1. The van der Waals surface area contributed by atoms with Crippen LogP contribution in [0.3, 0.4) is 0 Å². The largest absolute Gasteiger partial charge is 0.465 e. The lowest BCUT2D eigenvalue weighted by molar-refractivity contribution is -0.120. The van der Waals surface area contributed by atoms with E-state index in [-0.39, 0.29) is 17.3 Å². The van der Waals surface area contributed by atoms with Crippen LogP contribution in [0.5, 0.6) is 0 Å². The number of rotatable bonds is 5. The third-order valence-electron chi connectivity index (χ3n) is 6.18. The molecule has 1 aromatic heterocycles. The number of thiophene rings is 1. The lowest BCUT2D eigenvalue weighted by Crippen LogP contribution is -2.43. The Morgan fingerprint density at radius 3 is 2.59 bits per heavy atom. The van der Waals surface area contributed by atoms with E-state index in [4.69, 9.17) is 4.74 Å². The zero-order chi connectivity index (χ0) is 22.7. The number of hydrogen-bond donors (Lipinski definition) is 1. The summed E-state index contributed by atoms with van der Waals surface area (Å²) in [5, 5.41) is 3.47. The van der Waals surface area contributed by atoms with Gasteiger partial charge in [0, 0.05) is 18.0 Å². The van der Waals surface area contributed by atoms with Crippen LogP contribution in [-0.2, 0) is 32.4 Å². The zero-order valence-electron chi connectivity index (χ0n) is 18.1. The van der Waals surface area contributed by atoms with Gasteiger partial charge in [0.25, 0.3) is 0 Å². The van der Waals surface area contributed by atoms with E-state index in [0.717, 1.165) is 42.5 Å². The molecule has 0 spiro atoms. The number of nitrogens with one attached hydrogen (secondary N) is 1. The Bertz CT molecular complexity index is 1100. The van der Waals surface area contributed by atoms with Gasteiger partial charge in [0.2, 0.25) is 15.9 Å². The highest BCUT2D eigenvalue weighted by molar-refractivity contribution is 7.89. The molecule has 172 valence electrons. The van der Waals surface area contributed by atoms with Crippen molar-refractivity contribution in [2.75, 3.05) is 25.5 Å². The van der Waals surface area contributed by atoms with Gasteiger partial charge < -0.3 is 10.1 Å². The number of methoxy groups -OCH3 is 1. The predicted octanol–water partition coefficient (Wildman–Crippen LogP) is 3.84. The van der Waals surface area contributed by atoms with E-state index in [2.05, 4.69) is 5.32 Å². The number of hydrogen-bond acceptors (Lipinski definition) is 6. The molecule has 1 unspecified atom stereocenters. The molecule has 1 aliphatic carbocycles. The standard InChI is InChI=1S/C23H28N2O5S2/c1-30-23(27)20-18-12-6-3-7-13-19(18)31-22(20)24-21(26)16-9-8-14-25(15-16)32(28,29)17-10-4-2-5-11-17/h2,4-5,10-11,16H,3,6-9,12-15H2,1H3,(H,24,26). The number of esters is 1. The molecule has 0 radical (unpaired) electrons. The number of benzene rings is 1. The molecule has 0 bridgehead atoms. The second kappa shape index (κ2) is 9.72. The molecule has 9 heteroatoms. The minimum Gasteiger partial charge on any atom is -0.465 e. The molecule has 7 nitrogen and oxygen atoms in total. The van der Waals surface area contributed by atoms with E-state index in [1.54, 1.807) is 30.3 Å². The molecule has 2 aromatic rings. The second-order valence-corrected chi connectivity index (χ2v) is 11.3. The Hall–Kier alpha value is -2.23. The highest BCUT2D eigenvalue weighted by atomic mass is 32.2. The van der Waals surface area contributed by atoms with Crippen molar-refractivity contribution in [3.8, 4) is 0 Å². The molecule has 2 aliphatic rings. The third-order valence-corrected chi connectivity index (χ3v) is 9.27. The Balaban J connectivity index is 1.54. The first-order valence-corrected chi connectivity index (χ1v) is 13.3. The van der Waals surface area contributed by atoms with E-state index in [1.165, 1.54) is 22.8 Å². The van der Waals surface area contributed by atoms with Gasteiger partial charge in [0.05, 0.1) is 23.5 Å². The number of aryl methyl sites for hydroxylation is 1. The van der Waals surface area contributed by atoms with Crippen LogP contribution in [0.25, 0.3) is 0 Å². The van der Waals surface area contributed by atoms with E-state index in [9.17, 15) is 18.0 Å². The van der Waals surface area contributed by atoms with Crippen molar-refractivity contribution in [1.82, 2.24) is 4.31 Å². The quantitative estimate of drug-likeness (QED) is 0.523. The average molecular weight is 477 g/mol. The fourth-order valence-electron chi connectivity index (χ4n) is 4.48. The van der Waals surface area contributed by atoms with Gasteiger partial charge in [-0.05, 0) is 56.2 Å². The second-order valence-electron chi connectivity index (χ2n) is 8.26. The van der Waals surface area contributed by atoms with E-state index < -0.39 is 21.9 Å². The minimum absolute atomic E-state index is 0.127. The SMILES string of the molecule is COC(=O)c1c(NC(=O)C2CCCN(S(=O)(=O)c3ccccc3)C2)sc2c1CCCCC2. The summed E-state index contributed by atoms with van der Waals surface area (Å²) in [6.07, 6.45) is 6.11. The molecular weight excluding hydrogens is 448 g/mol. The van der Waals surface area contributed by atoms with E-state index >= 15 is 0 Å². The molecule has 1 aliphatic heterocycles. The maximum absolute atomic E-state index is 13.1. The molecule has 1 amide bonds. The smallest absolute Gasteiger partial charge is 0.341 e. The van der Waals surface area contributed by atoms with Crippen LogP contribution in [0.1, 0.15) is 52.9 Å². The lowest BCUT2D eigenvalue weighted by Gasteiger charge is -2.31. The molecule has 1 N–H and O–H groups in total. The number of ether oxygens (including phenoxy) is 1. The van der Waals surface area contributed by atoms with Gasteiger partial charge >= 0.3 is 5.97 Å². The highest BCUT2D eigenvalue weighted by Gasteiger charge is 2.34. The molecule has 32 heavy (non-hydrogen) atoms.